The van der Waals surface area contributed by atoms with Gasteiger partial charge in [-0.25, -0.2) is 8.42 Å². The number of para-hydroxylation sites is 1. The number of hydrogen-bond acceptors (Lipinski definition) is 7. The Balaban J connectivity index is 1.34. The zero-order chi connectivity index (χ0) is 25.7. The third kappa shape index (κ3) is 5.47. The van der Waals surface area contributed by atoms with Gasteiger partial charge >= 0.3 is 0 Å². The van der Waals surface area contributed by atoms with Crippen molar-refractivity contribution in [3.8, 4) is 0 Å². The zero-order valence-electron chi connectivity index (χ0n) is 19.2. The fraction of sp³-hybridized carbons (Fsp3) is 0.120. The first-order chi connectivity index (χ1) is 17.3. The second-order valence-corrected chi connectivity index (χ2v) is 10.7. The largest absolute Gasteiger partial charge is 0.350 e. The smallest absolute Gasteiger partial charge is 0.293 e. The number of hydrogen-bond donors (Lipinski definition) is 1. The van der Waals surface area contributed by atoms with Gasteiger partial charge in [0.05, 0.1) is 15.5 Å². The van der Waals surface area contributed by atoms with Crippen LogP contribution in [0.15, 0.2) is 88.9 Å². The third-order valence-corrected chi connectivity index (χ3v) is 8.08. The van der Waals surface area contributed by atoms with Crippen LogP contribution < -0.4 is 9.62 Å². The minimum Gasteiger partial charge on any atom is -0.350 e. The lowest BCUT2D eigenvalue weighted by atomic mass is 10.2. The van der Waals surface area contributed by atoms with Crippen molar-refractivity contribution in [3.63, 3.8) is 0 Å². The lowest BCUT2D eigenvalue weighted by Gasteiger charge is -2.19. The molecule has 1 saturated heterocycles. The average molecular weight is 523 g/mol. The van der Waals surface area contributed by atoms with Gasteiger partial charge in [-0.05, 0) is 65.9 Å². The number of rotatable bonds is 8. The van der Waals surface area contributed by atoms with Gasteiger partial charge in [0.1, 0.15) is 0 Å². The molecule has 4 rings (SSSR count). The Morgan fingerprint density at radius 2 is 1.78 bits per heavy atom. The Morgan fingerprint density at radius 3 is 2.44 bits per heavy atom. The Bertz CT molecular complexity index is 1410. The van der Waals surface area contributed by atoms with Crippen molar-refractivity contribution in [1.82, 2.24) is 15.2 Å². The molecule has 1 N–H and O–H groups in total. The van der Waals surface area contributed by atoms with Crippen LogP contribution in [0.25, 0.3) is 6.08 Å². The molecule has 3 amide bonds. The van der Waals surface area contributed by atoms with Crippen LogP contribution in [-0.4, -0.2) is 55.5 Å². The van der Waals surface area contributed by atoms with E-state index in [4.69, 9.17) is 0 Å². The highest BCUT2D eigenvalue weighted by Crippen LogP contribution is 2.31. The fourth-order valence-corrected chi connectivity index (χ4v) is 5.46. The Kier molecular flexibility index (Phi) is 7.51. The van der Waals surface area contributed by atoms with Crippen LogP contribution in [0.2, 0.25) is 0 Å². The first-order valence-electron chi connectivity index (χ1n) is 10.8. The number of nitrogens with zero attached hydrogens (tertiary/aromatic N) is 3. The zero-order valence-corrected chi connectivity index (χ0v) is 20.8. The highest BCUT2D eigenvalue weighted by molar-refractivity contribution is 8.18. The minimum absolute atomic E-state index is 0.00905. The maximum atomic E-state index is 12.9. The molecule has 2 aromatic carbocycles. The van der Waals surface area contributed by atoms with Crippen LogP contribution in [0.5, 0.6) is 0 Å². The van der Waals surface area contributed by atoms with Crippen molar-refractivity contribution in [2.75, 3.05) is 24.4 Å². The number of nitrogens with one attached hydrogen (secondary N) is 1. The van der Waals surface area contributed by atoms with Crippen LogP contribution >= 0.6 is 11.8 Å². The summed E-state index contributed by atoms with van der Waals surface area (Å²) in [4.78, 5) is 42.7. The van der Waals surface area contributed by atoms with E-state index in [0.29, 0.717) is 11.3 Å². The second kappa shape index (κ2) is 10.8. The van der Waals surface area contributed by atoms with Gasteiger partial charge < -0.3 is 5.32 Å². The van der Waals surface area contributed by atoms with Gasteiger partial charge in [-0.1, -0.05) is 24.3 Å². The number of pyridine rings is 1. The van der Waals surface area contributed by atoms with Crippen LogP contribution in [0, 0.1) is 0 Å². The molecule has 1 fully saturated rings. The van der Waals surface area contributed by atoms with Gasteiger partial charge in [0.25, 0.3) is 27.1 Å². The van der Waals surface area contributed by atoms with Crippen molar-refractivity contribution in [2.24, 2.45) is 0 Å². The van der Waals surface area contributed by atoms with Crippen LogP contribution in [0.1, 0.15) is 15.9 Å². The van der Waals surface area contributed by atoms with Crippen molar-refractivity contribution >= 4 is 50.6 Å². The van der Waals surface area contributed by atoms with E-state index < -0.39 is 27.1 Å². The quantitative estimate of drug-likeness (QED) is 0.451. The number of carbonyl (C=O) groups is 3. The average Bonchev–Trinajstić information content (AvgIpc) is 3.16. The molecule has 0 bridgehead atoms. The molecule has 1 aromatic heterocycles. The number of carbonyl (C=O) groups excluding carboxylic acids is 3. The summed E-state index contributed by atoms with van der Waals surface area (Å²) in [5.74, 6) is -0.881. The molecule has 1 aliphatic heterocycles. The standard InChI is InChI=1S/C25H22N4O5S2/c1-28(20-7-3-2-4-8-20)36(33,34)21-11-9-19(10-12-21)23(30)27-14-15-29-24(31)22(35-25(29)32)16-18-6-5-13-26-17-18/h2-13,16-17H,14-15H2,1H3,(H,27,30)/b22-16-. The van der Waals surface area contributed by atoms with E-state index in [1.165, 1.54) is 35.6 Å². The highest BCUT2D eigenvalue weighted by Gasteiger charge is 2.34. The molecule has 11 heteroatoms. The number of amides is 3. The van der Waals surface area contributed by atoms with Crippen LogP contribution in [0.3, 0.4) is 0 Å². The summed E-state index contributed by atoms with van der Waals surface area (Å²) in [6, 6.07) is 17.7. The number of sulfonamides is 1. The third-order valence-electron chi connectivity index (χ3n) is 5.37. The normalized spacial score (nSPS) is 14.8. The summed E-state index contributed by atoms with van der Waals surface area (Å²) in [5, 5.41) is 2.24. The molecule has 0 radical (unpaired) electrons. The van der Waals surface area contributed by atoms with Crippen LogP contribution in [0.4, 0.5) is 10.5 Å². The molecule has 9 nitrogen and oxygen atoms in total. The Hall–Kier alpha value is -3.96. The maximum Gasteiger partial charge on any atom is 0.293 e. The van der Waals surface area contributed by atoms with Gasteiger partial charge in [-0.15, -0.1) is 0 Å². The predicted octanol–water partition coefficient (Wildman–Crippen LogP) is 3.37. The molecule has 0 aliphatic carbocycles. The summed E-state index contributed by atoms with van der Waals surface area (Å²) < 4.78 is 26.9. The fourth-order valence-electron chi connectivity index (χ4n) is 3.40. The van der Waals surface area contributed by atoms with Crippen LogP contribution in [-0.2, 0) is 14.8 Å². The topological polar surface area (TPSA) is 117 Å². The molecular formula is C25H22N4O5S2. The second-order valence-electron chi connectivity index (χ2n) is 7.71. The molecule has 0 spiro atoms. The first kappa shape index (κ1) is 25.1. The summed E-state index contributed by atoms with van der Waals surface area (Å²) in [5.41, 5.74) is 1.47. The van der Waals surface area contributed by atoms with Gasteiger partial charge in [0, 0.05) is 38.1 Å². The van der Waals surface area contributed by atoms with Crippen molar-refractivity contribution in [2.45, 2.75) is 4.90 Å². The summed E-state index contributed by atoms with van der Waals surface area (Å²) in [7, 11) is -2.33. The van der Waals surface area contributed by atoms with E-state index in [0.717, 1.165) is 16.7 Å². The lowest BCUT2D eigenvalue weighted by molar-refractivity contribution is -0.122. The van der Waals surface area contributed by atoms with E-state index in [9.17, 15) is 22.8 Å². The van der Waals surface area contributed by atoms with E-state index in [-0.39, 0.29) is 28.5 Å². The van der Waals surface area contributed by atoms with Gasteiger partial charge in [0.15, 0.2) is 0 Å². The van der Waals surface area contributed by atoms with Gasteiger partial charge in [0.2, 0.25) is 0 Å². The molecule has 0 unspecified atom stereocenters. The number of aromatic nitrogens is 1. The first-order valence-corrected chi connectivity index (χ1v) is 13.1. The molecule has 36 heavy (non-hydrogen) atoms. The highest BCUT2D eigenvalue weighted by atomic mass is 32.2. The van der Waals surface area contributed by atoms with Crippen molar-refractivity contribution in [3.05, 3.63) is 95.2 Å². The number of thioether (sulfide) groups is 1. The summed E-state index contributed by atoms with van der Waals surface area (Å²) >= 11 is 0.834. The van der Waals surface area contributed by atoms with E-state index >= 15 is 0 Å². The van der Waals surface area contributed by atoms with Crippen molar-refractivity contribution in [1.29, 1.82) is 0 Å². The minimum atomic E-state index is -3.79. The monoisotopic (exact) mass is 522 g/mol. The molecular weight excluding hydrogens is 500 g/mol. The molecule has 0 saturated carbocycles. The SMILES string of the molecule is CN(c1ccccc1)S(=O)(=O)c1ccc(C(=O)NCCN2C(=O)S/C(=C\c3cccnc3)C2=O)cc1. The molecule has 1 aliphatic rings. The van der Waals surface area contributed by atoms with Crippen molar-refractivity contribution < 1.29 is 22.8 Å². The molecule has 2 heterocycles. The predicted molar refractivity (Wildman–Crippen MR) is 138 cm³/mol. The Labute approximate surface area is 212 Å². The number of imide groups is 1. The summed E-state index contributed by atoms with van der Waals surface area (Å²) in [6.45, 7) is 0.0585. The lowest BCUT2D eigenvalue weighted by Crippen LogP contribution is -2.37. The number of anilines is 1. The van der Waals surface area contributed by atoms with Gasteiger partial charge in [-0.3, -0.25) is 28.6 Å². The molecule has 184 valence electrons. The van der Waals surface area contributed by atoms with E-state index in [1.807, 2.05) is 0 Å². The number of benzene rings is 2. The Morgan fingerprint density at radius 1 is 1.06 bits per heavy atom. The van der Waals surface area contributed by atoms with E-state index in [1.54, 1.807) is 60.9 Å². The molecule has 3 aromatic rings. The van der Waals surface area contributed by atoms with Gasteiger partial charge in [-0.2, -0.15) is 0 Å². The molecule has 0 atom stereocenters. The van der Waals surface area contributed by atoms with E-state index in [2.05, 4.69) is 10.3 Å². The maximum absolute atomic E-state index is 12.9. The summed E-state index contributed by atoms with van der Waals surface area (Å²) in [6.07, 6.45) is 4.80.